The molecule has 0 atom stereocenters. The van der Waals surface area contributed by atoms with Crippen LogP contribution >= 0.6 is 9.30 Å². The van der Waals surface area contributed by atoms with E-state index in [1.807, 2.05) is 64.2 Å². The van der Waals surface area contributed by atoms with Gasteiger partial charge in [0.25, 0.3) is 0 Å². The minimum atomic E-state index is 1.47. The van der Waals surface area contributed by atoms with E-state index in [1.165, 1.54) is 25.5 Å². The van der Waals surface area contributed by atoms with Gasteiger partial charge in [-0.1, -0.05) is 6.92 Å². The van der Waals surface area contributed by atoms with Crippen molar-refractivity contribution >= 4 is 9.30 Å². The topological polar surface area (TPSA) is 0 Å². The van der Waals surface area contributed by atoms with Crippen LogP contribution in [0.5, 0.6) is 0 Å². The van der Waals surface area contributed by atoms with Crippen LogP contribution in [0.15, 0.2) is 6.08 Å². The number of hydrogen-bond acceptors (Lipinski definition) is 0. The predicted octanol–water partition coefficient (Wildman–Crippen LogP) is 3.73. The second-order valence-electron chi connectivity index (χ2n) is 2.26. The second-order valence-corrected chi connectivity index (χ2v) is 2.26. The summed E-state index contributed by atoms with van der Waals surface area (Å²) in [7, 11) is 4.64. The van der Waals surface area contributed by atoms with Gasteiger partial charge in [0.1, 0.15) is 0 Å². The van der Waals surface area contributed by atoms with Gasteiger partial charge in [-0.25, -0.2) is 0 Å². The van der Waals surface area contributed by atoms with Crippen molar-refractivity contribution in [1.29, 1.82) is 0 Å². The van der Waals surface area contributed by atoms with Gasteiger partial charge >= 0.3 is 28.7 Å². The minimum absolute atomic E-state index is 1.47. The summed E-state index contributed by atoms with van der Waals surface area (Å²) >= 11 is 1.47. The van der Waals surface area contributed by atoms with Crippen molar-refractivity contribution in [3.63, 3.8) is 0 Å². The van der Waals surface area contributed by atoms with Gasteiger partial charge < -0.3 is 6.58 Å². The molecule has 0 aromatic rings. The molecule has 0 amide bonds. The Morgan fingerprint density at radius 3 is 0.867 bits per heavy atom. The Labute approximate surface area is 112 Å². The SMILES string of the molecule is [CH-]=CC.[CH]1[CH][CH][CH][CH]1.[CH]1[CH][CH][CH][CH]1.[Cl][Ti+3]. The molecule has 2 aliphatic carbocycles. The molecule has 0 spiro atoms. The second kappa shape index (κ2) is 20.2. The zero-order valence-corrected chi connectivity index (χ0v) is 11.1. The molecule has 0 aliphatic heterocycles. The predicted molar refractivity (Wildman–Crippen MR) is 63.4 cm³/mol. The molecule has 2 heteroatoms. The molecular weight excluding hydrogens is 239 g/mol. The number of rotatable bonds is 0. The molecule has 0 saturated heterocycles. The van der Waals surface area contributed by atoms with Gasteiger partial charge in [-0.2, -0.15) is 0 Å². The standard InChI is InChI=1S/2C5H5.C3H5.ClH.Ti/c2*1-2-4-5-3-1;1-3-2;;/h2*1-5H;1,3H,2H3;1H;/q;;-1;;+4/p-1. The van der Waals surface area contributed by atoms with Crippen molar-refractivity contribution in [3.8, 4) is 0 Å². The zero-order valence-electron chi connectivity index (χ0n) is 8.81. The van der Waals surface area contributed by atoms with Crippen molar-refractivity contribution in [3.05, 3.63) is 76.9 Å². The van der Waals surface area contributed by atoms with E-state index in [4.69, 9.17) is 6.58 Å². The summed E-state index contributed by atoms with van der Waals surface area (Å²) in [6.45, 7) is 6.50. The van der Waals surface area contributed by atoms with Crippen LogP contribution in [-0.4, -0.2) is 0 Å². The van der Waals surface area contributed by atoms with Crippen LogP contribution in [0.1, 0.15) is 6.92 Å². The van der Waals surface area contributed by atoms with Crippen LogP contribution < -0.4 is 0 Å². The molecule has 15 heavy (non-hydrogen) atoms. The summed E-state index contributed by atoms with van der Waals surface area (Å²) in [5.74, 6) is 0. The summed E-state index contributed by atoms with van der Waals surface area (Å²) in [5, 5.41) is 0. The van der Waals surface area contributed by atoms with Crippen molar-refractivity contribution < 1.29 is 19.4 Å². The molecule has 2 rings (SSSR count). The molecule has 2 aliphatic rings. The monoisotopic (exact) mass is 254 g/mol. The molecule has 0 unspecified atom stereocenters. The summed E-state index contributed by atoms with van der Waals surface area (Å²) < 4.78 is 0. The Kier molecular flexibility index (Phi) is 24.4. The van der Waals surface area contributed by atoms with Crippen LogP contribution in [0, 0.1) is 70.8 Å². The van der Waals surface area contributed by atoms with Gasteiger partial charge in [0, 0.05) is 0 Å². The number of allylic oxidation sites excluding steroid dienone is 1. The fourth-order valence-corrected chi connectivity index (χ4v) is 0.642. The first-order valence-corrected chi connectivity index (χ1v) is 6.58. The Morgan fingerprint density at radius 2 is 0.800 bits per heavy atom. The van der Waals surface area contributed by atoms with Crippen molar-refractivity contribution in [1.82, 2.24) is 0 Å². The summed E-state index contributed by atoms with van der Waals surface area (Å²) in [5.41, 5.74) is 0. The van der Waals surface area contributed by atoms with E-state index in [0.717, 1.165) is 0 Å². The van der Waals surface area contributed by atoms with Crippen LogP contribution in [-0.2, 0) is 19.4 Å². The van der Waals surface area contributed by atoms with Gasteiger partial charge in [0.05, 0.1) is 0 Å². The summed E-state index contributed by atoms with van der Waals surface area (Å²) in [6.07, 6.45) is 21.5. The Balaban J connectivity index is 0. The number of hydrogen-bond donors (Lipinski definition) is 0. The van der Waals surface area contributed by atoms with Crippen molar-refractivity contribution in [2.45, 2.75) is 6.92 Å². The first-order valence-electron chi connectivity index (χ1n) is 4.43. The Bertz CT molecular complexity index is 71.5. The fourth-order valence-electron chi connectivity index (χ4n) is 0.642. The van der Waals surface area contributed by atoms with E-state index in [9.17, 15) is 0 Å². The quantitative estimate of drug-likeness (QED) is 0.456. The number of halogens is 1. The third-order valence-electron chi connectivity index (χ3n) is 1.11. The molecule has 0 bridgehead atoms. The third-order valence-corrected chi connectivity index (χ3v) is 1.11. The van der Waals surface area contributed by atoms with Crippen LogP contribution in [0.4, 0.5) is 0 Å². The Morgan fingerprint density at radius 1 is 0.733 bits per heavy atom. The zero-order chi connectivity index (χ0) is 11.8. The average molecular weight is 255 g/mol. The maximum atomic E-state index is 4.72. The van der Waals surface area contributed by atoms with Gasteiger partial charge in [-0.15, -0.1) is 0 Å². The molecule has 10 radical (unpaired) electrons. The van der Waals surface area contributed by atoms with Gasteiger partial charge in [-0.05, 0) is 64.2 Å². The van der Waals surface area contributed by atoms with E-state index < -0.39 is 0 Å². The molecule has 2 saturated carbocycles. The molecule has 0 aromatic carbocycles. The van der Waals surface area contributed by atoms with Crippen LogP contribution in [0.25, 0.3) is 0 Å². The fraction of sp³-hybridized carbons (Fsp3) is 0.0769. The molecule has 0 N–H and O–H groups in total. The summed E-state index contributed by atoms with van der Waals surface area (Å²) in [4.78, 5) is 0. The van der Waals surface area contributed by atoms with E-state index in [-0.39, 0.29) is 0 Å². The average Bonchev–Trinajstić information content (AvgIpc) is 3.01. The van der Waals surface area contributed by atoms with Gasteiger partial charge in [0.15, 0.2) is 0 Å². The molecule has 0 aromatic heterocycles. The third kappa shape index (κ3) is 20.7. The van der Waals surface area contributed by atoms with Gasteiger partial charge in [-0.3, -0.25) is 6.08 Å². The van der Waals surface area contributed by atoms with Crippen LogP contribution in [0.3, 0.4) is 0 Å². The first kappa shape index (κ1) is 18.1. The summed E-state index contributed by atoms with van der Waals surface area (Å²) in [6, 6.07) is 0. The van der Waals surface area contributed by atoms with Gasteiger partial charge in [0.2, 0.25) is 0 Å². The Hall–Kier alpha value is 0.744. The molecule has 76 valence electrons. The van der Waals surface area contributed by atoms with Crippen molar-refractivity contribution in [2.24, 2.45) is 0 Å². The van der Waals surface area contributed by atoms with E-state index in [2.05, 4.69) is 9.30 Å². The van der Waals surface area contributed by atoms with E-state index >= 15 is 0 Å². The van der Waals surface area contributed by atoms with Crippen molar-refractivity contribution in [2.75, 3.05) is 0 Å². The van der Waals surface area contributed by atoms with E-state index in [0.29, 0.717) is 0 Å². The van der Waals surface area contributed by atoms with E-state index in [1.54, 1.807) is 6.92 Å². The first-order chi connectivity index (χ1) is 7.41. The molecule has 0 nitrogen and oxygen atoms in total. The maximum absolute atomic E-state index is 4.72. The molecule has 0 heterocycles. The molecule has 2 fully saturated rings. The normalized spacial score (nSPS) is 17.3. The van der Waals surface area contributed by atoms with Crippen LogP contribution in [0.2, 0.25) is 0 Å². The molecular formula is C13H15ClTi+2.